The third-order valence-corrected chi connectivity index (χ3v) is 2.49. The van der Waals surface area contributed by atoms with Crippen LogP contribution in [0.15, 0.2) is 18.2 Å². The Morgan fingerprint density at radius 3 is 3.00 bits per heavy atom. The molecule has 18 heavy (non-hydrogen) atoms. The van der Waals surface area contributed by atoms with Crippen LogP contribution in [0.1, 0.15) is 5.56 Å². The molecule has 1 aromatic carbocycles. The molecule has 4 N–H and O–H groups in total. The van der Waals surface area contributed by atoms with E-state index in [0.717, 1.165) is 5.52 Å². The van der Waals surface area contributed by atoms with E-state index in [4.69, 9.17) is 16.7 Å². The van der Waals surface area contributed by atoms with Crippen molar-refractivity contribution in [3.8, 4) is 6.07 Å². The molecule has 2 aromatic rings. The number of amides is 1. The minimum Gasteiger partial charge on any atom is -0.448 e. The van der Waals surface area contributed by atoms with Crippen molar-refractivity contribution < 1.29 is 9.53 Å². The number of hydrogen-bond acceptors (Lipinski definition) is 5. The highest BCUT2D eigenvalue weighted by Crippen LogP contribution is 2.20. The Labute approximate surface area is 103 Å². The second kappa shape index (κ2) is 4.63. The summed E-state index contributed by atoms with van der Waals surface area (Å²) in [4.78, 5) is 14.6. The van der Waals surface area contributed by atoms with Gasteiger partial charge in [0, 0.05) is 0 Å². The van der Waals surface area contributed by atoms with E-state index in [0.29, 0.717) is 17.6 Å². The molecule has 0 unspecified atom stereocenters. The fourth-order valence-electron chi connectivity index (χ4n) is 1.73. The Kier molecular flexibility index (Phi) is 3.02. The summed E-state index contributed by atoms with van der Waals surface area (Å²) in [5.74, 6) is 0.265. The van der Waals surface area contributed by atoms with Gasteiger partial charge in [0.15, 0.2) is 0 Å². The van der Waals surface area contributed by atoms with Gasteiger partial charge in [-0.15, -0.1) is 0 Å². The van der Waals surface area contributed by atoms with Gasteiger partial charge >= 0.3 is 6.09 Å². The smallest absolute Gasteiger partial charge is 0.404 e. The number of rotatable bonds is 3. The molecule has 1 aromatic heterocycles. The van der Waals surface area contributed by atoms with E-state index in [2.05, 4.69) is 9.72 Å². The topological polar surface area (TPSA) is 120 Å². The number of anilines is 1. The molecule has 0 radical (unpaired) electrons. The summed E-state index contributed by atoms with van der Waals surface area (Å²) in [6.07, 6.45) is -0.837. The predicted molar refractivity (Wildman–Crippen MR) is 64.4 cm³/mol. The van der Waals surface area contributed by atoms with Gasteiger partial charge in [0.25, 0.3) is 0 Å². The van der Waals surface area contributed by atoms with Gasteiger partial charge in [0.2, 0.25) is 5.95 Å². The second-order valence-electron chi connectivity index (χ2n) is 3.57. The van der Waals surface area contributed by atoms with Crippen molar-refractivity contribution in [2.24, 2.45) is 5.73 Å². The number of nitrogens with zero attached hydrogens (tertiary/aromatic N) is 3. The zero-order valence-corrected chi connectivity index (χ0v) is 9.46. The Bertz CT molecular complexity index is 641. The highest BCUT2D eigenvalue weighted by atomic mass is 16.5. The summed E-state index contributed by atoms with van der Waals surface area (Å²) in [5, 5.41) is 8.96. The number of fused-ring (bicyclic) bond motifs is 1. The third-order valence-electron chi connectivity index (χ3n) is 2.49. The van der Waals surface area contributed by atoms with Crippen molar-refractivity contribution in [2.45, 2.75) is 6.54 Å². The van der Waals surface area contributed by atoms with Gasteiger partial charge in [-0.3, -0.25) is 0 Å². The molecular weight excluding hydrogens is 234 g/mol. The largest absolute Gasteiger partial charge is 0.448 e. The minimum atomic E-state index is -0.837. The maximum atomic E-state index is 10.5. The van der Waals surface area contributed by atoms with Crippen LogP contribution in [0.2, 0.25) is 0 Å². The van der Waals surface area contributed by atoms with Gasteiger partial charge in [0.1, 0.15) is 18.2 Å². The number of para-hydroxylation sites is 1. The van der Waals surface area contributed by atoms with Crippen LogP contribution < -0.4 is 11.5 Å². The van der Waals surface area contributed by atoms with E-state index in [1.54, 1.807) is 22.8 Å². The number of benzene rings is 1. The Balaban J connectivity index is 2.36. The van der Waals surface area contributed by atoms with E-state index < -0.39 is 6.09 Å². The first-order valence-electron chi connectivity index (χ1n) is 5.20. The van der Waals surface area contributed by atoms with E-state index in [-0.39, 0.29) is 12.6 Å². The van der Waals surface area contributed by atoms with Crippen LogP contribution in [-0.4, -0.2) is 22.3 Å². The van der Waals surface area contributed by atoms with Crippen LogP contribution in [0.4, 0.5) is 10.7 Å². The number of nitrogens with two attached hydrogens (primary N) is 2. The lowest BCUT2D eigenvalue weighted by atomic mass is 10.2. The quantitative estimate of drug-likeness (QED) is 0.819. The zero-order valence-electron chi connectivity index (χ0n) is 9.46. The molecule has 0 atom stereocenters. The summed E-state index contributed by atoms with van der Waals surface area (Å²) in [5.41, 5.74) is 12.3. The van der Waals surface area contributed by atoms with Crippen LogP contribution in [0.5, 0.6) is 0 Å². The van der Waals surface area contributed by atoms with Crippen molar-refractivity contribution in [2.75, 3.05) is 12.3 Å². The lowest BCUT2D eigenvalue weighted by molar-refractivity contribution is 0.153. The number of hydrogen-bond donors (Lipinski definition) is 2. The minimum absolute atomic E-state index is 0.0990. The van der Waals surface area contributed by atoms with E-state index in [1.165, 1.54) is 0 Å². The Hall–Kier alpha value is -2.75. The number of nitrogen functional groups attached to an aromatic ring is 1. The average Bonchev–Trinajstić information content (AvgIpc) is 2.65. The molecule has 0 aliphatic carbocycles. The molecule has 0 spiro atoms. The molecule has 1 amide bonds. The molecule has 0 saturated carbocycles. The highest BCUT2D eigenvalue weighted by Gasteiger charge is 2.11. The van der Waals surface area contributed by atoms with Gasteiger partial charge in [-0.1, -0.05) is 6.07 Å². The Morgan fingerprint density at radius 2 is 2.33 bits per heavy atom. The average molecular weight is 245 g/mol. The summed E-state index contributed by atoms with van der Waals surface area (Å²) >= 11 is 0. The second-order valence-corrected chi connectivity index (χ2v) is 3.57. The lowest BCUT2D eigenvalue weighted by Gasteiger charge is -2.06. The first-order valence-corrected chi connectivity index (χ1v) is 5.20. The van der Waals surface area contributed by atoms with Crippen LogP contribution in [0.25, 0.3) is 11.0 Å². The number of carbonyl (C=O) groups excluding carboxylic acids is 1. The number of imidazole rings is 1. The van der Waals surface area contributed by atoms with Crippen LogP contribution >= 0.6 is 0 Å². The first kappa shape index (κ1) is 11.7. The summed E-state index contributed by atoms with van der Waals surface area (Å²) < 4.78 is 6.31. The van der Waals surface area contributed by atoms with Gasteiger partial charge < -0.3 is 20.8 Å². The first-order chi connectivity index (χ1) is 8.63. The van der Waals surface area contributed by atoms with Crippen LogP contribution in [-0.2, 0) is 11.3 Å². The van der Waals surface area contributed by atoms with E-state index in [1.807, 2.05) is 6.07 Å². The molecule has 0 fully saturated rings. The summed E-state index contributed by atoms with van der Waals surface area (Å²) in [6.45, 7) is 0.432. The zero-order chi connectivity index (χ0) is 13.1. The maximum absolute atomic E-state index is 10.5. The molecule has 1 heterocycles. The molecule has 7 nitrogen and oxygen atoms in total. The summed E-state index contributed by atoms with van der Waals surface area (Å²) in [6, 6.07) is 7.25. The molecule has 0 aliphatic heterocycles. The van der Waals surface area contributed by atoms with E-state index in [9.17, 15) is 4.79 Å². The van der Waals surface area contributed by atoms with Crippen molar-refractivity contribution in [3.05, 3.63) is 23.8 Å². The molecule has 0 saturated heterocycles. The summed E-state index contributed by atoms with van der Waals surface area (Å²) in [7, 11) is 0. The molecule has 0 bridgehead atoms. The number of aromatic nitrogens is 2. The molecule has 0 aliphatic rings. The monoisotopic (exact) mass is 245 g/mol. The molecule has 92 valence electrons. The molecule has 2 rings (SSSR count). The molecular formula is C11H11N5O2. The Morgan fingerprint density at radius 1 is 1.56 bits per heavy atom. The number of primary amides is 1. The van der Waals surface area contributed by atoms with Gasteiger partial charge in [-0.2, -0.15) is 5.26 Å². The van der Waals surface area contributed by atoms with Crippen LogP contribution in [0.3, 0.4) is 0 Å². The van der Waals surface area contributed by atoms with Gasteiger partial charge in [0.05, 0.1) is 17.6 Å². The normalized spacial score (nSPS) is 10.2. The van der Waals surface area contributed by atoms with Crippen molar-refractivity contribution in [1.82, 2.24) is 9.55 Å². The maximum Gasteiger partial charge on any atom is 0.404 e. The number of nitriles is 1. The fourth-order valence-corrected chi connectivity index (χ4v) is 1.73. The van der Waals surface area contributed by atoms with Crippen LogP contribution in [0, 0.1) is 11.3 Å². The predicted octanol–water partition coefficient (Wildman–Crippen LogP) is 0.585. The van der Waals surface area contributed by atoms with Crippen molar-refractivity contribution in [1.29, 1.82) is 5.26 Å². The van der Waals surface area contributed by atoms with Gasteiger partial charge in [-0.05, 0) is 12.1 Å². The standard InChI is InChI=1S/C11H11N5O2/c12-6-7-2-1-3-8-9(7)15-10(13)16(8)4-5-18-11(14)17/h1-3H,4-5H2,(H2,13,15)(H2,14,17). The van der Waals surface area contributed by atoms with Crippen molar-refractivity contribution in [3.63, 3.8) is 0 Å². The fraction of sp³-hybridized carbons (Fsp3) is 0.182. The SMILES string of the molecule is N#Cc1cccc2c1nc(N)n2CCOC(N)=O. The lowest BCUT2D eigenvalue weighted by Crippen LogP contribution is -2.17. The third kappa shape index (κ3) is 2.04. The number of ether oxygens (including phenoxy) is 1. The van der Waals surface area contributed by atoms with Gasteiger partial charge in [-0.25, -0.2) is 9.78 Å². The van der Waals surface area contributed by atoms with E-state index >= 15 is 0 Å². The van der Waals surface area contributed by atoms with Crippen molar-refractivity contribution >= 4 is 23.1 Å². The molecule has 7 heteroatoms. The highest BCUT2D eigenvalue weighted by molar-refractivity contribution is 5.83. The number of carbonyl (C=O) groups is 1.